The van der Waals surface area contributed by atoms with Gasteiger partial charge in [0.2, 0.25) is 0 Å². The summed E-state index contributed by atoms with van der Waals surface area (Å²) in [6.07, 6.45) is 0.447. The van der Waals surface area contributed by atoms with Crippen molar-refractivity contribution in [3.8, 4) is 11.5 Å². The fourth-order valence-corrected chi connectivity index (χ4v) is 1.65. The van der Waals surface area contributed by atoms with E-state index in [9.17, 15) is 5.11 Å². The Morgan fingerprint density at radius 1 is 1.00 bits per heavy atom. The molecule has 0 spiro atoms. The van der Waals surface area contributed by atoms with Crippen molar-refractivity contribution in [2.75, 3.05) is 11.9 Å². The van der Waals surface area contributed by atoms with E-state index in [0.717, 1.165) is 23.6 Å². The van der Waals surface area contributed by atoms with Crippen molar-refractivity contribution in [1.82, 2.24) is 0 Å². The number of hydrogen-bond donors (Lipinski definition) is 2. The molecule has 2 aromatic carbocycles. The molecule has 1 unspecified atom stereocenters. The summed E-state index contributed by atoms with van der Waals surface area (Å²) in [6, 6.07) is 17.4. The second kappa shape index (κ2) is 6.81. The van der Waals surface area contributed by atoms with Crippen molar-refractivity contribution in [3.05, 3.63) is 54.6 Å². The molecule has 1 atom stereocenters. The van der Waals surface area contributed by atoms with Gasteiger partial charge in [-0.25, -0.2) is 0 Å². The minimum atomic E-state index is -0.305. The quantitative estimate of drug-likeness (QED) is 0.829. The molecule has 0 amide bonds. The van der Waals surface area contributed by atoms with Gasteiger partial charge in [0.15, 0.2) is 0 Å². The van der Waals surface area contributed by atoms with Crippen LogP contribution in [0.25, 0.3) is 0 Å². The van der Waals surface area contributed by atoms with Gasteiger partial charge in [0, 0.05) is 12.2 Å². The first-order valence-electron chi connectivity index (χ1n) is 6.53. The third-order valence-corrected chi connectivity index (χ3v) is 2.85. The fourth-order valence-electron chi connectivity index (χ4n) is 1.65. The van der Waals surface area contributed by atoms with E-state index in [2.05, 4.69) is 5.32 Å². The number of anilines is 1. The van der Waals surface area contributed by atoms with E-state index in [1.54, 1.807) is 0 Å². The van der Waals surface area contributed by atoms with Crippen LogP contribution in [0, 0.1) is 0 Å². The van der Waals surface area contributed by atoms with Crippen molar-refractivity contribution < 1.29 is 9.84 Å². The highest BCUT2D eigenvalue weighted by Gasteiger charge is 2.01. The van der Waals surface area contributed by atoms with Crippen LogP contribution >= 0.6 is 0 Å². The molecular formula is C16H19NO2. The van der Waals surface area contributed by atoms with Crippen LogP contribution in [0.2, 0.25) is 0 Å². The molecule has 0 saturated carbocycles. The lowest BCUT2D eigenvalue weighted by atomic mass is 10.2. The molecular weight excluding hydrogens is 238 g/mol. The van der Waals surface area contributed by atoms with Gasteiger partial charge in [-0.2, -0.15) is 0 Å². The zero-order valence-electron chi connectivity index (χ0n) is 11.0. The molecule has 2 N–H and O–H groups in total. The lowest BCUT2D eigenvalue weighted by Gasteiger charge is -2.11. The highest BCUT2D eigenvalue weighted by Crippen LogP contribution is 2.22. The number of aliphatic hydroxyl groups is 1. The summed E-state index contributed by atoms with van der Waals surface area (Å²) in [5.74, 6) is 1.62. The number of para-hydroxylation sites is 1. The summed E-state index contributed by atoms with van der Waals surface area (Å²) in [4.78, 5) is 0. The van der Waals surface area contributed by atoms with Crippen LogP contribution in [0.5, 0.6) is 11.5 Å². The first-order valence-corrected chi connectivity index (χ1v) is 6.53. The van der Waals surface area contributed by atoms with Gasteiger partial charge in [0.05, 0.1) is 6.10 Å². The Bertz CT molecular complexity index is 482. The minimum absolute atomic E-state index is 0.305. The zero-order valence-corrected chi connectivity index (χ0v) is 11.0. The summed E-state index contributed by atoms with van der Waals surface area (Å²) in [5.41, 5.74) is 0.980. The third kappa shape index (κ3) is 4.30. The molecule has 0 fully saturated rings. The number of hydrogen-bond acceptors (Lipinski definition) is 3. The SMILES string of the molecule is CCC(O)CNc1ccc(Oc2ccccc2)cc1. The van der Waals surface area contributed by atoms with Gasteiger partial charge in [0.1, 0.15) is 11.5 Å². The van der Waals surface area contributed by atoms with Crippen molar-refractivity contribution in [3.63, 3.8) is 0 Å². The van der Waals surface area contributed by atoms with Crippen LogP contribution in [-0.4, -0.2) is 17.8 Å². The average Bonchev–Trinajstić information content (AvgIpc) is 2.47. The van der Waals surface area contributed by atoms with Gasteiger partial charge in [-0.05, 0) is 42.8 Å². The molecule has 0 aliphatic rings. The highest BCUT2D eigenvalue weighted by molar-refractivity contribution is 5.47. The van der Waals surface area contributed by atoms with E-state index >= 15 is 0 Å². The molecule has 3 heteroatoms. The normalized spacial score (nSPS) is 11.9. The van der Waals surface area contributed by atoms with Crippen LogP contribution in [0.15, 0.2) is 54.6 Å². The Labute approximate surface area is 113 Å². The molecule has 100 valence electrons. The molecule has 0 aliphatic carbocycles. The maximum absolute atomic E-state index is 9.48. The van der Waals surface area contributed by atoms with Crippen molar-refractivity contribution in [2.45, 2.75) is 19.4 Å². The summed E-state index contributed by atoms with van der Waals surface area (Å²) in [6.45, 7) is 2.53. The first-order chi connectivity index (χ1) is 9.28. The van der Waals surface area contributed by atoms with Gasteiger partial charge >= 0.3 is 0 Å². The van der Waals surface area contributed by atoms with Crippen LogP contribution in [0.1, 0.15) is 13.3 Å². The first kappa shape index (κ1) is 13.4. The van der Waals surface area contributed by atoms with Crippen LogP contribution in [0.3, 0.4) is 0 Å². The van der Waals surface area contributed by atoms with E-state index in [4.69, 9.17) is 4.74 Å². The molecule has 2 rings (SSSR count). The Hall–Kier alpha value is -2.00. The van der Waals surface area contributed by atoms with E-state index in [1.807, 2.05) is 61.5 Å². The van der Waals surface area contributed by atoms with Crippen molar-refractivity contribution >= 4 is 5.69 Å². The summed E-state index contributed by atoms with van der Waals surface area (Å²) < 4.78 is 5.70. The minimum Gasteiger partial charge on any atom is -0.457 e. The zero-order chi connectivity index (χ0) is 13.5. The smallest absolute Gasteiger partial charge is 0.127 e. The van der Waals surface area contributed by atoms with Gasteiger partial charge in [-0.1, -0.05) is 25.1 Å². The number of nitrogens with one attached hydrogen (secondary N) is 1. The van der Waals surface area contributed by atoms with Crippen LogP contribution in [0.4, 0.5) is 5.69 Å². The molecule has 0 aromatic heterocycles. The standard InChI is InChI=1S/C16H19NO2/c1-2-14(18)12-17-13-8-10-16(11-9-13)19-15-6-4-3-5-7-15/h3-11,14,17-18H,2,12H2,1H3. The Morgan fingerprint density at radius 3 is 2.26 bits per heavy atom. The summed E-state index contributed by atoms with van der Waals surface area (Å²) in [7, 11) is 0. The van der Waals surface area contributed by atoms with Crippen molar-refractivity contribution in [1.29, 1.82) is 0 Å². The number of rotatable bonds is 6. The number of aliphatic hydroxyl groups excluding tert-OH is 1. The van der Waals surface area contributed by atoms with Gasteiger partial charge in [0.25, 0.3) is 0 Å². The predicted octanol–water partition coefficient (Wildman–Crippen LogP) is 3.66. The molecule has 19 heavy (non-hydrogen) atoms. The summed E-state index contributed by atoms with van der Waals surface area (Å²) in [5, 5.41) is 12.7. The predicted molar refractivity (Wildman–Crippen MR) is 77.7 cm³/mol. The molecule has 0 saturated heterocycles. The molecule has 0 heterocycles. The van der Waals surface area contributed by atoms with E-state index in [0.29, 0.717) is 6.54 Å². The van der Waals surface area contributed by atoms with Crippen LogP contribution < -0.4 is 10.1 Å². The number of ether oxygens (including phenoxy) is 1. The van der Waals surface area contributed by atoms with Gasteiger partial charge in [-0.3, -0.25) is 0 Å². The third-order valence-electron chi connectivity index (χ3n) is 2.85. The fraction of sp³-hybridized carbons (Fsp3) is 0.250. The number of benzene rings is 2. The van der Waals surface area contributed by atoms with Gasteiger partial charge < -0.3 is 15.2 Å². The molecule has 0 bridgehead atoms. The Balaban J connectivity index is 1.91. The Kier molecular flexibility index (Phi) is 4.81. The lowest BCUT2D eigenvalue weighted by Crippen LogP contribution is -2.17. The van der Waals surface area contributed by atoms with Gasteiger partial charge in [-0.15, -0.1) is 0 Å². The largest absolute Gasteiger partial charge is 0.457 e. The summed E-state index contributed by atoms with van der Waals surface area (Å²) >= 11 is 0. The van der Waals surface area contributed by atoms with E-state index < -0.39 is 0 Å². The molecule has 3 nitrogen and oxygen atoms in total. The maximum atomic E-state index is 9.48. The highest BCUT2D eigenvalue weighted by atomic mass is 16.5. The molecule has 0 radical (unpaired) electrons. The Morgan fingerprint density at radius 2 is 1.63 bits per heavy atom. The second-order valence-electron chi connectivity index (χ2n) is 4.38. The monoisotopic (exact) mass is 257 g/mol. The van der Waals surface area contributed by atoms with Crippen LogP contribution in [-0.2, 0) is 0 Å². The molecule has 0 aliphatic heterocycles. The average molecular weight is 257 g/mol. The maximum Gasteiger partial charge on any atom is 0.127 e. The second-order valence-corrected chi connectivity index (χ2v) is 4.38. The topological polar surface area (TPSA) is 41.5 Å². The lowest BCUT2D eigenvalue weighted by molar-refractivity contribution is 0.183. The van der Waals surface area contributed by atoms with Crippen molar-refractivity contribution in [2.24, 2.45) is 0 Å². The van der Waals surface area contributed by atoms with E-state index in [1.165, 1.54) is 0 Å². The van der Waals surface area contributed by atoms with E-state index in [-0.39, 0.29) is 6.10 Å². The molecule has 2 aromatic rings.